The van der Waals surface area contributed by atoms with Gasteiger partial charge in [0.25, 0.3) is 0 Å². The van der Waals surface area contributed by atoms with Gasteiger partial charge in [-0.05, 0) is 41.9 Å². The Balaban J connectivity index is 2.68. The molecular formula is C15H16BrN5O2. The first-order chi connectivity index (χ1) is 11.0. The smallest absolute Gasteiger partial charge is 0.222 e. The minimum Gasteiger partial charge on any atom is -0.490 e. The molecule has 0 atom stereocenters. The molecule has 0 unspecified atom stereocenters. The first-order valence-corrected chi connectivity index (χ1v) is 7.73. The van der Waals surface area contributed by atoms with Crippen LogP contribution in [0.15, 0.2) is 16.6 Å². The van der Waals surface area contributed by atoms with Crippen molar-refractivity contribution in [1.82, 2.24) is 9.97 Å². The van der Waals surface area contributed by atoms with Crippen LogP contribution in [0.1, 0.15) is 19.4 Å². The fourth-order valence-corrected chi connectivity index (χ4v) is 2.62. The highest BCUT2D eigenvalue weighted by atomic mass is 79.9. The fraction of sp³-hybridized carbons (Fsp3) is 0.267. The summed E-state index contributed by atoms with van der Waals surface area (Å²) in [6, 6.07) is 5.52. The molecule has 1 aromatic heterocycles. The van der Waals surface area contributed by atoms with Crippen LogP contribution in [-0.2, 0) is 0 Å². The number of benzene rings is 1. The molecule has 7 nitrogen and oxygen atoms in total. The van der Waals surface area contributed by atoms with Crippen LogP contribution >= 0.6 is 15.9 Å². The van der Waals surface area contributed by atoms with Gasteiger partial charge in [0, 0.05) is 5.56 Å². The number of halogens is 1. The van der Waals surface area contributed by atoms with E-state index in [-0.39, 0.29) is 17.3 Å². The summed E-state index contributed by atoms with van der Waals surface area (Å²) in [6.45, 7) is 4.72. The monoisotopic (exact) mass is 377 g/mol. The average molecular weight is 378 g/mol. The molecule has 0 saturated heterocycles. The van der Waals surface area contributed by atoms with Crippen molar-refractivity contribution in [3.05, 3.63) is 22.2 Å². The zero-order chi connectivity index (χ0) is 17.0. The molecule has 0 aliphatic carbocycles. The third kappa shape index (κ3) is 3.46. The maximum absolute atomic E-state index is 9.31. The molecule has 0 saturated carbocycles. The molecule has 0 fully saturated rings. The SMILES string of the molecule is CCOc1cc(-c2nc(N)nc(N)c2C#N)cc(Br)c1OCC. The molecule has 0 radical (unpaired) electrons. The number of ether oxygens (including phenoxy) is 2. The van der Waals surface area contributed by atoms with E-state index in [9.17, 15) is 5.26 Å². The van der Waals surface area contributed by atoms with Gasteiger partial charge < -0.3 is 20.9 Å². The normalized spacial score (nSPS) is 10.2. The number of hydrogen-bond donors (Lipinski definition) is 2. The van der Waals surface area contributed by atoms with Gasteiger partial charge in [-0.1, -0.05) is 0 Å². The molecule has 2 rings (SSSR count). The predicted molar refractivity (Wildman–Crippen MR) is 91.0 cm³/mol. The zero-order valence-corrected chi connectivity index (χ0v) is 14.3. The summed E-state index contributed by atoms with van der Waals surface area (Å²) in [5.41, 5.74) is 12.6. The van der Waals surface area contributed by atoms with Gasteiger partial charge >= 0.3 is 0 Å². The van der Waals surface area contributed by atoms with Crippen LogP contribution in [0, 0.1) is 11.3 Å². The van der Waals surface area contributed by atoms with Crippen molar-refractivity contribution in [1.29, 1.82) is 5.26 Å². The third-order valence-electron chi connectivity index (χ3n) is 2.94. The lowest BCUT2D eigenvalue weighted by Gasteiger charge is -2.15. The maximum atomic E-state index is 9.31. The molecule has 1 heterocycles. The maximum Gasteiger partial charge on any atom is 0.222 e. The molecule has 0 aliphatic rings. The Morgan fingerprint density at radius 1 is 1.17 bits per heavy atom. The number of hydrogen-bond acceptors (Lipinski definition) is 7. The molecule has 120 valence electrons. The second kappa shape index (κ2) is 7.15. The van der Waals surface area contributed by atoms with Crippen LogP contribution in [0.5, 0.6) is 11.5 Å². The summed E-state index contributed by atoms with van der Waals surface area (Å²) >= 11 is 3.46. The molecule has 0 bridgehead atoms. The van der Waals surface area contributed by atoms with E-state index in [4.69, 9.17) is 20.9 Å². The summed E-state index contributed by atoms with van der Waals surface area (Å²) < 4.78 is 11.9. The van der Waals surface area contributed by atoms with Gasteiger partial charge in [0.2, 0.25) is 5.95 Å². The van der Waals surface area contributed by atoms with Crippen LogP contribution in [0.25, 0.3) is 11.3 Å². The van der Waals surface area contributed by atoms with E-state index in [2.05, 4.69) is 25.9 Å². The Hall–Kier alpha value is -2.53. The van der Waals surface area contributed by atoms with Crippen molar-refractivity contribution < 1.29 is 9.47 Å². The molecule has 2 aromatic rings. The van der Waals surface area contributed by atoms with Crippen LogP contribution in [0.3, 0.4) is 0 Å². The molecule has 4 N–H and O–H groups in total. The number of rotatable bonds is 5. The third-order valence-corrected chi connectivity index (χ3v) is 3.53. The van der Waals surface area contributed by atoms with Gasteiger partial charge in [-0.3, -0.25) is 0 Å². The first kappa shape index (κ1) is 16.8. The molecule has 23 heavy (non-hydrogen) atoms. The van der Waals surface area contributed by atoms with E-state index < -0.39 is 0 Å². The van der Waals surface area contributed by atoms with E-state index >= 15 is 0 Å². The molecule has 0 aliphatic heterocycles. The molecular weight excluding hydrogens is 362 g/mol. The molecule has 1 aromatic carbocycles. The van der Waals surface area contributed by atoms with Crippen molar-refractivity contribution in [2.75, 3.05) is 24.7 Å². The topological polar surface area (TPSA) is 120 Å². The highest BCUT2D eigenvalue weighted by molar-refractivity contribution is 9.10. The van der Waals surface area contributed by atoms with E-state index in [1.165, 1.54) is 0 Å². The van der Waals surface area contributed by atoms with Gasteiger partial charge in [0.05, 0.1) is 23.4 Å². The second-order valence-electron chi connectivity index (χ2n) is 4.45. The largest absolute Gasteiger partial charge is 0.490 e. The number of nitrogen functional groups attached to an aromatic ring is 2. The number of nitriles is 1. The minimum atomic E-state index is -0.000493. The van der Waals surface area contributed by atoms with Gasteiger partial charge in [-0.2, -0.15) is 10.2 Å². The Morgan fingerprint density at radius 3 is 2.48 bits per heavy atom. The zero-order valence-electron chi connectivity index (χ0n) is 12.8. The summed E-state index contributed by atoms with van der Waals surface area (Å²) in [7, 11) is 0. The van der Waals surface area contributed by atoms with Gasteiger partial charge in [-0.15, -0.1) is 0 Å². The van der Waals surface area contributed by atoms with Gasteiger partial charge in [0.1, 0.15) is 17.5 Å². The number of nitrogens with two attached hydrogens (primary N) is 2. The van der Waals surface area contributed by atoms with E-state index in [0.29, 0.717) is 40.4 Å². The van der Waals surface area contributed by atoms with E-state index in [1.54, 1.807) is 12.1 Å². The van der Waals surface area contributed by atoms with E-state index in [0.717, 1.165) is 0 Å². The van der Waals surface area contributed by atoms with Crippen molar-refractivity contribution in [3.8, 4) is 28.8 Å². The molecule has 0 amide bonds. The number of anilines is 2. The quantitative estimate of drug-likeness (QED) is 0.821. The summed E-state index contributed by atoms with van der Waals surface area (Å²) in [5, 5.41) is 9.31. The Morgan fingerprint density at radius 2 is 1.87 bits per heavy atom. The summed E-state index contributed by atoms with van der Waals surface area (Å²) in [5.74, 6) is 1.17. The Bertz CT molecular complexity index is 773. The first-order valence-electron chi connectivity index (χ1n) is 6.94. The van der Waals surface area contributed by atoms with Crippen molar-refractivity contribution in [2.24, 2.45) is 0 Å². The lowest BCUT2D eigenvalue weighted by atomic mass is 10.1. The van der Waals surface area contributed by atoms with Crippen LogP contribution in [0.2, 0.25) is 0 Å². The molecule has 8 heteroatoms. The van der Waals surface area contributed by atoms with Crippen LogP contribution < -0.4 is 20.9 Å². The lowest BCUT2D eigenvalue weighted by molar-refractivity contribution is 0.286. The minimum absolute atomic E-state index is 0.000493. The van der Waals surface area contributed by atoms with E-state index in [1.807, 2.05) is 19.9 Å². The molecule has 0 spiro atoms. The number of aromatic nitrogens is 2. The summed E-state index contributed by atoms with van der Waals surface area (Å²) in [4.78, 5) is 7.95. The predicted octanol–water partition coefficient (Wildman–Crippen LogP) is 2.74. The van der Waals surface area contributed by atoms with Gasteiger partial charge in [0.15, 0.2) is 11.5 Å². The van der Waals surface area contributed by atoms with Crippen LogP contribution in [-0.4, -0.2) is 23.2 Å². The standard InChI is InChI=1S/C15H16BrN5O2/c1-3-22-11-6-8(5-10(16)13(11)23-4-2)12-9(7-17)14(18)21-15(19)20-12/h5-6H,3-4H2,1-2H3,(H4,18,19,20,21). The van der Waals surface area contributed by atoms with Crippen molar-refractivity contribution in [2.45, 2.75) is 13.8 Å². The lowest BCUT2D eigenvalue weighted by Crippen LogP contribution is -2.05. The number of nitrogens with zero attached hydrogens (tertiary/aromatic N) is 3. The van der Waals surface area contributed by atoms with Crippen molar-refractivity contribution >= 4 is 27.7 Å². The highest BCUT2D eigenvalue weighted by Gasteiger charge is 2.18. The Labute approximate surface area is 142 Å². The summed E-state index contributed by atoms with van der Waals surface area (Å²) in [6.07, 6.45) is 0. The van der Waals surface area contributed by atoms with Crippen molar-refractivity contribution in [3.63, 3.8) is 0 Å². The average Bonchev–Trinajstić information content (AvgIpc) is 2.50. The Kier molecular flexibility index (Phi) is 5.24. The van der Waals surface area contributed by atoms with Crippen LogP contribution in [0.4, 0.5) is 11.8 Å². The van der Waals surface area contributed by atoms with Gasteiger partial charge in [-0.25, -0.2) is 4.98 Å². The second-order valence-corrected chi connectivity index (χ2v) is 5.31. The fourth-order valence-electron chi connectivity index (χ4n) is 2.07. The highest BCUT2D eigenvalue weighted by Crippen LogP contribution is 2.40.